The molecule has 1 unspecified atom stereocenters. The third kappa shape index (κ3) is 2.06. The number of hydrogen-bond donors (Lipinski definition) is 0. The number of hydrogen-bond acceptors (Lipinski definition) is 4. The van der Waals surface area contributed by atoms with Crippen LogP contribution < -0.4 is 9.47 Å². The lowest BCUT2D eigenvalue weighted by Gasteiger charge is -2.13. The minimum absolute atomic E-state index is 0.245. The van der Waals surface area contributed by atoms with E-state index in [-0.39, 0.29) is 12.7 Å². The second-order valence-corrected chi connectivity index (χ2v) is 6.70. The average molecular weight is 269 g/mol. The smallest absolute Gasteiger partial charge is 0.231 e. The fourth-order valence-electron chi connectivity index (χ4n) is 2.47. The topological polar surface area (TPSA) is 55.8 Å². The Morgan fingerprint density at radius 3 is 2.78 bits per heavy atom. The van der Waals surface area contributed by atoms with Crippen molar-refractivity contribution in [2.24, 2.45) is 0 Å². The summed E-state index contributed by atoms with van der Waals surface area (Å²) in [5.41, 5.74) is 1.12. The van der Waals surface area contributed by atoms with Crippen molar-refractivity contribution >= 4 is 10.0 Å². The van der Waals surface area contributed by atoms with Crippen LogP contribution in [-0.4, -0.2) is 38.9 Å². The summed E-state index contributed by atoms with van der Waals surface area (Å²) in [5.74, 6) is 1.76. The van der Waals surface area contributed by atoms with Gasteiger partial charge in [-0.05, 0) is 30.0 Å². The molecule has 0 saturated carbocycles. The second kappa shape index (κ2) is 4.13. The van der Waals surface area contributed by atoms with Crippen molar-refractivity contribution in [3.05, 3.63) is 23.8 Å². The van der Waals surface area contributed by atoms with Crippen molar-refractivity contribution in [1.82, 2.24) is 4.31 Å². The Labute approximate surface area is 106 Å². The molecule has 0 N–H and O–H groups in total. The predicted octanol–water partition coefficient (Wildman–Crippen LogP) is 1.16. The largest absolute Gasteiger partial charge is 0.454 e. The minimum Gasteiger partial charge on any atom is -0.454 e. The summed E-state index contributed by atoms with van der Waals surface area (Å²) in [4.78, 5) is 0. The molecule has 98 valence electrons. The molecule has 2 aliphatic heterocycles. The van der Waals surface area contributed by atoms with E-state index in [1.54, 1.807) is 0 Å². The molecular formula is C12H15NO4S. The van der Waals surface area contributed by atoms with Gasteiger partial charge in [0, 0.05) is 13.1 Å². The minimum atomic E-state index is -3.08. The van der Waals surface area contributed by atoms with Gasteiger partial charge in [0.1, 0.15) is 0 Å². The summed E-state index contributed by atoms with van der Waals surface area (Å²) in [6, 6.07) is 5.84. The first kappa shape index (κ1) is 11.8. The van der Waals surface area contributed by atoms with Gasteiger partial charge in [-0.2, -0.15) is 0 Å². The fourth-order valence-corrected chi connectivity index (χ4v) is 3.36. The molecule has 1 atom stereocenters. The summed E-state index contributed by atoms with van der Waals surface area (Å²) in [6.07, 6.45) is 2.11. The molecule has 0 aliphatic carbocycles. The Bertz CT molecular complexity index is 569. The molecule has 6 heteroatoms. The maximum absolute atomic E-state index is 11.5. The van der Waals surface area contributed by atoms with Crippen LogP contribution in [0.25, 0.3) is 0 Å². The normalized spacial score (nSPS) is 23.5. The zero-order valence-electron chi connectivity index (χ0n) is 10.1. The second-order valence-electron chi connectivity index (χ2n) is 4.72. The first-order valence-electron chi connectivity index (χ1n) is 5.89. The van der Waals surface area contributed by atoms with E-state index in [0.29, 0.717) is 13.1 Å². The van der Waals surface area contributed by atoms with Gasteiger partial charge < -0.3 is 9.47 Å². The van der Waals surface area contributed by atoms with Gasteiger partial charge in [0.15, 0.2) is 11.5 Å². The number of sulfonamides is 1. The number of nitrogens with zero attached hydrogens (tertiary/aromatic N) is 1. The number of fused-ring (bicyclic) bond motifs is 1. The van der Waals surface area contributed by atoms with Crippen molar-refractivity contribution in [3.63, 3.8) is 0 Å². The molecule has 3 rings (SSSR count). The number of benzene rings is 1. The predicted molar refractivity (Wildman–Crippen MR) is 66.3 cm³/mol. The molecule has 0 aromatic heterocycles. The quantitative estimate of drug-likeness (QED) is 0.808. The molecule has 0 spiro atoms. The van der Waals surface area contributed by atoms with E-state index < -0.39 is 10.0 Å². The standard InChI is InChI=1S/C12H15NO4S/c1-18(14,15)13-5-4-10(7-13)9-2-3-11-12(6-9)17-8-16-11/h2-3,6,10H,4-5,7-8H2,1H3. The van der Waals surface area contributed by atoms with Crippen LogP contribution in [-0.2, 0) is 10.0 Å². The van der Waals surface area contributed by atoms with Gasteiger partial charge in [-0.15, -0.1) is 0 Å². The van der Waals surface area contributed by atoms with E-state index in [1.807, 2.05) is 18.2 Å². The monoisotopic (exact) mass is 269 g/mol. The highest BCUT2D eigenvalue weighted by Gasteiger charge is 2.30. The molecule has 1 saturated heterocycles. The SMILES string of the molecule is CS(=O)(=O)N1CCC(c2ccc3c(c2)OCO3)C1. The zero-order valence-corrected chi connectivity index (χ0v) is 10.9. The lowest BCUT2D eigenvalue weighted by atomic mass is 9.98. The van der Waals surface area contributed by atoms with Crippen molar-refractivity contribution in [3.8, 4) is 11.5 Å². The van der Waals surface area contributed by atoms with E-state index in [9.17, 15) is 8.42 Å². The lowest BCUT2D eigenvalue weighted by Crippen LogP contribution is -2.27. The maximum atomic E-state index is 11.5. The summed E-state index contributed by atoms with van der Waals surface area (Å²) in [7, 11) is -3.08. The van der Waals surface area contributed by atoms with E-state index in [4.69, 9.17) is 9.47 Å². The van der Waals surface area contributed by atoms with Crippen LogP contribution in [0.4, 0.5) is 0 Å². The Hall–Kier alpha value is -1.27. The highest BCUT2D eigenvalue weighted by Crippen LogP contribution is 2.37. The first-order chi connectivity index (χ1) is 8.54. The van der Waals surface area contributed by atoms with Crippen LogP contribution in [0.1, 0.15) is 17.9 Å². The van der Waals surface area contributed by atoms with E-state index in [2.05, 4.69) is 0 Å². The molecular weight excluding hydrogens is 254 g/mol. The summed E-state index contributed by atoms with van der Waals surface area (Å²) < 4.78 is 35.1. The van der Waals surface area contributed by atoms with Gasteiger partial charge in [0.05, 0.1) is 6.26 Å². The highest BCUT2D eigenvalue weighted by molar-refractivity contribution is 7.88. The number of rotatable bonds is 2. The first-order valence-corrected chi connectivity index (χ1v) is 7.73. The van der Waals surface area contributed by atoms with Crippen molar-refractivity contribution in [1.29, 1.82) is 0 Å². The summed E-state index contributed by atoms with van der Waals surface area (Å²) in [5, 5.41) is 0. The van der Waals surface area contributed by atoms with Crippen LogP contribution in [0.15, 0.2) is 18.2 Å². The van der Waals surface area contributed by atoms with Crippen LogP contribution >= 0.6 is 0 Å². The van der Waals surface area contributed by atoms with Gasteiger partial charge >= 0.3 is 0 Å². The Kier molecular flexibility index (Phi) is 2.71. The molecule has 0 amide bonds. The molecule has 1 fully saturated rings. The van der Waals surface area contributed by atoms with Crippen molar-refractivity contribution in [2.45, 2.75) is 12.3 Å². The van der Waals surface area contributed by atoms with Crippen LogP contribution in [0.3, 0.4) is 0 Å². The Morgan fingerprint density at radius 1 is 1.28 bits per heavy atom. The van der Waals surface area contributed by atoms with Crippen molar-refractivity contribution < 1.29 is 17.9 Å². The molecule has 0 radical (unpaired) electrons. The molecule has 18 heavy (non-hydrogen) atoms. The zero-order chi connectivity index (χ0) is 12.8. The fraction of sp³-hybridized carbons (Fsp3) is 0.500. The molecule has 0 bridgehead atoms. The third-order valence-corrected chi connectivity index (χ3v) is 4.76. The van der Waals surface area contributed by atoms with Gasteiger partial charge in [0.25, 0.3) is 0 Å². The Balaban J connectivity index is 1.81. The van der Waals surface area contributed by atoms with Gasteiger partial charge in [0.2, 0.25) is 16.8 Å². The van der Waals surface area contributed by atoms with Crippen LogP contribution in [0.2, 0.25) is 0 Å². The third-order valence-electron chi connectivity index (χ3n) is 3.49. The average Bonchev–Trinajstić information content (AvgIpc) is 2.96. The highest BCUT2D eigenvalue weighted by atomic mass is 32.2. The van der Waals surface area contributed by atoms with Crippen LogP contribution in [0, 0.1) is 0 Å². The van der Waals surface area contributed by atoms with Gasteiger partial charge in [-0.25, -0.2) is 12.7 Å². The van der Waals surface area contributed by atoms with E-state index in [1.165, 1.54) is 10.6 Å². The molecule has 1 aromatic rings. The van der Waals surface area contributed by atoms with Crippen molar-refractivity contribution in [2.75, 3.05) is 26.1 Å². The molecule has 2 heterocycles. The molecule has 1 aromatic carbocycles. The maximum Gasteiger partial charge on any atom is 0.231 e. The van der Waals surface area contributed by atoms with E-state index in [0.717, 1.165) is 23.5 Å². The Morgan fingerprint density at radius 2 is 2.06 bits per heavy atom. The summed E-state index contributed by atoms with van der Waals surface area (Å²) in [6.45, 7) is 1.41. The number of ether oxygens (including phenoxy) is 2. The summed E-state index contributed by atoms with van der Waals surface area (Å²) >= 11 is 0. The molecule has 2 aliphatic rings. The van der Waals surface area contributed by atoms with E-state index >= 15 is 0 Å². The molecule has 5 nitrogen and oxygen atoms in total. The van der Waals surface area contributed by atoms with Gasteiger partial charge in [-0.3, -0.25) is 0 Å². The lowest BCUT2D eigenvalue weighted by molar-refractivity contribution is 0.174. The van der Waals surface area contributed by atoms with Crippen LogP contribution in [0.5, 0.6) is 11.5 Å². The van der Waals surface area contributed by atoms with Gasteiger partial charge in [-0.1, -0.05) is 6.07 Å².